The van der Waals surface area contributed by atoms with E-state index in [0.717, 1.165) is 18.7 Å². The quantitative estimate of drug-likeness (QED) is 0.762. The first kappa shape index (κ1) is 12.9. The van der Waals surface area contributed by atoms with Crippen LogP contribution in [0.2, 0.25) is 0 Å². The van der Waals surface area contributed by atoms with E-state index >= 15 is 0 Å². The Morgan fingerprint density at radius 2 is 2.25 bits per heavy atom. The molecule has 0 unspecified atom stereocenters. The second-order valence-corrected chi connectivity index (χ2v) is 4.63. The van der Waals surface area contributed by atoms with E-state index in [1.165, 1.54) is 0 Å². The van der Waals surface area contributed by atoms with Crippen molar-refractivity contribution in [1.29, 1.82) is 0 Å². The lowest BCUT2D eigenvalue weighted by Gasteiger charge is -2.21. The van der Waals surface area contributed by atoms with E-state index in [0.29, 0.717) is 5.88 Å². The Morgan fingerprint density at radius 3 is 2.88 bits per heavy atom. The van der Waals surface area contributed by atoms with Gasteiger partial charge in [0.2, 0.25) is 5.88 Å². The molecule has 90 valence electrons. The highest BCUT2D eigenvalue weighted by molar-refractivity contribution is 5.20. The molecule has 0 aliphatic carbocycles. The summed E-state index contributed by atoms with van der Waals surface area (Å²) >= 11 is 0. The fourth-order valence-electron chi connectivity index (χ4n) is 1.27. The Morgan fingerprint density at radius 1 is 1.50 bits per heavy atom. The molecule has 0 radical (unpaired) electrons. The highest BCUT2D eigenvalue weighted by atomic mass is 16.5. The molecule has 16 heavy (non-hydrogen) atoms. The minimum atomic E-state index is -0.0862. The highest BCUT2D eigenvalue weighted by Gasteiger charge is 2.15. The van der Waals surface area contributed by atoms with Crippen molar-refractivity contribution in [3.8, 4) is 5.88 Å². The molecule has 0 bridgehead atoms. The first-order valence-electron chi connectivity index (χ1n) is 5.38. The molecule has 1 heterocycles. The van der Waals surface area contributed by atoms with Gasteiger partial charge in [0.1, 0.15) is 0 Å². The highest BCUT2D eigenvalue weighted by Crippen LogP contribution is 2.12. The Kier molecular flexibility index (Phi) is 4.71. The molecule has 0 saturated heterocycles. The molecule has 0 spiro atoms. The van der Waals surface area contributed by atoms with Gasteiger partial charge in [0.25, 0.3) is 0 Å². The Bertz CT molecular complexity index is 327. The fraction of sp³-hybridized carbons (Fsp3) is 0.583. The summed E-state index contributed by atoms with van der Waals surface area (Å²) in [6.07, 6.45) is 1.73. The van der Waals surface area contributed by atoms with Gasteiger partial charge in [-0.3, -0.25) is 0 Å². The van der Waals surface area contributed by atoms with Gasteiger partial charge in [-0.15, -0.1) is 0 Å². The van der Waals surface area contributed by atoms with Crippen LogP contribution in [0.3, 0.4) is 0 Å². The monoisotopic (exact) mass is 224 g/mol. The van der Waals surface area contributed by atoms with E-state index in [2.05, 4.69) is 10.3 Å². The van der Waals surface area contributed by atoms with Gasteiger partial charge in [-0.2, -0.15) is 0 Å². The molecule has 0 amide bonds. The van der Waals surface area contributed by atoms with Crippen LogP contribution >= 0.6 is 0 Å². The third-order valence-electron chi connectivity index (χ3n) is 2.37. The van der Waals surface area contributed by atoms with Crippen molar-refractivity contribution in [2.75, 3.05) is 20.3 Å². The number of aliphatic hydroxyl groups is 1. The molecule has 0 aliphatic heterocycles. The first-order chi connectivity index (χ1) is 7.57. The molecule has 4 heteroatoms. The zero-order valence-corrected chi connectivity index (χ0v) is 10.2. The number of ether oxygens (including phenoxy) is 1. The maximum absolute atomic E-state index is 9.10. The normalized spacial score (nSPS) is 11.5. The molecule has 0 aromatic carbocycles. The smallest absolute Gasteiger partial charge is 0.213 e. The zero-order valence-electron chi connectivity index (χ0n) is 10.2. The van der Waals surface area contributed by atoms with E-state index in [1.807, 2.05) is 26.0 Å². The summed E-state index contributed by atoms with van der Waals surface area (Å²) in [7, 11) is 1.61. The molecular weight excluding hydrogens is 204 g/mol. The first-order valence-corrected chi connectivity index (χ1v) is 5.38. The SMILES string of the molecule is COc1cc(CNCC(C)(C)CO)ccn1. The predicted molar refractivity (Wildman–Crippen MR) is 63.4 cm³/mol. The fourth-order valence-corrected chi connectivity index (χ4v) is 1.27. The van der Waals surface area contributed by atoms with Crippen molar-refractivity contribution in [2.24, 2.45) is 5.41 Å². The third-order valence-corrected chi connectivity index (χ3v) is 2.37. The van der Waals surface area contributed by atoms with Gasteiger partial charge in [-0.05, 0) is 11.6 Å². The summed E-state index contributed by atoms with van der Waals surface area (Å²) in [6.45, 7) is 5.75. The van der Waals surface area contributed by atoms with Gasteiger partial charge in [0.05, 0.1) is 7.11 Å². The van der Waals surface area contributed by atoms with Gasteiger partial charge in [-0.1, -0.05) is 13.8 Å². The number of aromatic nitrogens is 1. The average Bonchev–Trinajstić information content (AvgIpc) is 2.29. The van der Waals surface area contributed by atoms with Crippen LogP contribution in [0.5, 0.6) is 5.88 Å². The van der Waals surface area contributed by atoms with Gasteiger partial charge in [0, 0.05) is 37.4 Å². The van der Waals surface area contributed by atoms with E-state index in [4.69, 9.17) is 9.84 Å². The second-order valence-electron chi connectivity index (χ2n) is 4.63. The molecule has 0 atom stereocenters. The Balaban J connectivity index is 2.42. The summed E-state index contributed by atoms with van der Waals surface area (Å²) < 4.78 is 5.04. The lowest BCUT2D eigenvalue weighted by molar-refractivity contribution is 0.156. The largest absolute Gasteiger partial charge is 0.481 e. The number of hydrogen-bond acceptors (Lipinski definition) is 4. The summed E-state index contributed by atoms with van der Waals surface area (Å²) in [6, 6.07) is 3.85. The van der Waals surface area contributed by atoms with E-state index in [1.54, 1.807) is 13.3 Å². The van der Waals surface area contributed by atoms with E-state index < -0.39 is 0 Å². The molecule has 1 aromatic heterocycles. The van der Waals surface area contributed by atoms with E-state index in [-0.39, 0.29) is 12.0 Å². The minimum Gasteiger partial charge on any atom is -0.481 e. The van der Waals surface area contributed by atoms with Gasteiger partial charge in [-0.25, -0.2) is 4.98 Å². The lowest BCUT2D eigenvalue weighted by Crippen LogP contribution is -2.31. The molecule has 2 N–H and O–H groups in total. The van der Waals surface area contributed by atoms with Crippen LogP contribution in [0, 0.1) is 5.41 Å². The number of methoxy groups -OCH3 is 1. The lowest BCUT2D eigenvalue weighted by atomic mass is 9.95. The Labute approximate surface area is 96.7 Å². The van der Waals surface area contributed by atoms with Crippen LogP contribution in [0.15, 0.2) is 18.3 Å². The van der Waals surface area contributed by atoms with Crippen molar-refractivity contribution >= 4 is 0 Å². The summed E-state index contributed by atoms with van der Waals surface area (Å²) in [5, 5.41) is 12.4. The third kappa shape index (κ3) is 4.16. The molecule has 1 rings (SSSR count). The summed E-state index contributed by atoms with van der Waals surface area (Å²) in [4.78, 5) is 4.04. The summed E-state index contributed by atoms with van der Waals surface area (Å²) in [5.74, 6) is 0.626. The number of nitrogens with one attached hydrogen (secondary N) is 1. The number of aliphatic hydroxyl groups excluding tert-OH is 1. The average molecular weight is 224 g/mol. The van der Waals surface area contributed by atoms with Gasteiger partial charge >= 0.3 is 0 Å². The predicted octanol–water partition coefficient (Wildman–Crippen LogP) is 1.20. The van der Waals surface area contributed by atoms with Gasteiger partial charge in [0.15, 0.2) is 0 Å². The zero-order chi connectivity index (χ0) is 12.0. The van der Waals surface area contributed by atoms with Crippen molar-refractivity contribution in [2.45, 2.75) is 20.4 Å². The topological polar surface area (TPSA) is 54.4 Å². The molecule has 1 aromatic rings. The molecule has 0 aliphatic rings. The van der Waals surface area contributed by atoms with Gasteiger partial charge < -0.3 is 15.2 Å². The van der Waals surface area contributed by atoms with Crippen molar-refractivity contribution < 1.29 is 9.84 Å². The number of rotatable bonds is 6. The maximum atomic E-state index is 9.10. The molecule has 0 saturated carbocycles. The second kappa shape index (κ2) is 5.82. The van der Waals surface area contributed by atoms with E-state index in [9.17, 15) is 0 Å². The van der Waals surface area contributed by atoms with Crippen LogP contribution in [0.4, 0.5) is 0 Å². The van der Waals surface area contributed by atoms with Crippen LogP contribution in [0.1, 0.15) is 19.4 Å². The van der Waals surface area contributed by atoms with Crippen LogP contribution in [0.25, 0.3) is 0 Å². The number of pyridine rings is 1. The van der Waals surface area contributed by atoms with Crippen LogP contribution in [-0.4, -0.2) is 30.4 Å². The molecule has 4 nitrogen and oxygen atoms in total. The Hall–Kier alpha value is -1.13. The van der Waals surface area contributed by atoms with Crippen molar-refractivity contribution in [3.05, 3.63) is 23.9 Å². The standard InChI is InChI=1S/C12H20N2O2/c1-12(2,9-15)8-13-7-10-4-5-14-11(6-10)16-3/h4-6,13,15H,7-9H2,1-3H3. The van der Waals surface area contributed by atoms with Crippen LogP contribution in [-0.2, 0) is 6.54 Å². The maximum Gasteiger partial charge on any atom is 0.213 e. The number of hydrogen-bond donors (Lipinski definition) is 2. The van der Waals surface area contributed by atoms with Crippen LogP contribution < -0.4 is 10.1 Å². The van der Waals surface area contributed by atoms with Crippen molar-refractivity contribution in [3.63, 3.8) is 0 Å². The molecular formula is C12H20N2O2. The number of nitrogens with zero attached hydrogens (tertiary/aromatic N) is 1. The summed E-state index contributed by atoms with van der Waals surface area (Å²) in [5.41, 5.74) is 1.04. The van der Waals surface area contributed by atoms with Crippen molar-refractivity contribution in [1.82, 2.24) is 10.3 Å². The minimum absolute atomic E-state index is 0.0862. The molecule has 0 fully saturated rings.